The summed E-state index contributed by atoms with van der Waals surface area (Å²) in [5.41, 5.74) is 1.76. The van der Waals surface area contributed by atoms with Gasteiger partial charge in [0.1, 0.15) is 11.6 Å². The molecule has 156 valence electrons. The SMILES string of the molecule is Cc1ccc(NC(=O)CN(C)CC(=O)N(C)Cc2ccc(OC(F)F)cc2)nc1. The number of benzene rings is 1. The van der Waals surface area contributed by atoms with Crippen molar-refractivity contribution in [2.75, 3.05) is 32.5 Å². The van der Waals surface area contributed by atoms with E-state index in [1.54, 1.807) is 43.4 Å². The molecule has 0 saturated heterocycles. The largest absolute Gasteiger partial charge is 0.435 e. The molecule has 0 atom stereocenters. The summed E-state index contributed by atoms with van der Waals surface area (Å²) in [5, 5.41) is 2.68. The maximum Gasteiger partial charge on any atom is 0.387 e. The third kappa shape index (κ3) is 7.82. The number of hydrogen-bond donors (Lipinski definition) is 1. The second kappa shape index (κ2) is 10.5. The zero-order valence-electron chi connectivity index (χ0n) is 16.6. The maximum absolute atomic E-state index is 12.4. The molecule has 0 aliphatic heterocycles. The number of likely N-dealkylation sites (N-methyl/N-ethyl adjacent to an activating group) is 2. The fraction of sp³-hybridized carbons (Fsp3) is 0.350. The molecule has 1 N–H and O–H groups in total. The van der Waals surface area contributed by atoms with Gasteiger partial charge in [-0.25, -0.2) is 4.98 Å². The Bertz CT molecular complexity index is 813. The molecule has 0 spiro atoms. The van der Waals surface area contributed by atoms with Crippen molar-refractivity contribution in [1.29, 1.82) is 0 Å². The third-order valence-electron chi connectivity index (χ3n) is 3.99. The number of rotatable bonds is 9. The van der Waals surface area contributed by atoms with Crippen molar-refractivity contribution in [3.05, 3.63) is 53.7 Å². The molecular formula is C20H24F2N4O3. The van der Waals surface area contributed by atoms with Crippen LogP contribution >= 0.6 is 0 Å². The fourth-order valence-corrected chi connectivity index (χ4v) is 2.52. The minimum atomic E-state index is -2.88. The number of carbonyl (C=O) groups is 2. The van der Waals surface area contributed by atoms with E-state index in [2.05, 4.69) is 15.0 Å². The van der Waals surface area contributed by atoms with Gasteiger partial charge in [-0.05, 0) is 43.3 Å². The van der Waals surface area contributed by atoms with Crippen LogP contribution in [-0.2, 0) is 16.1 Å². The number of hydrogen-bond acceptors (Lipinski definition) is 5. The number of aromatic nitrogens is 1. The zero-order valence-corrected chi connectivity index (χ0v) is 16.6. The summed E-state index contributed by atoms with van der Waals surface area (Å²) in [4.78, 5) is 31.6. The van der Waals surface area contributed by atoms with Crippen molar-refractivity contribution >= 4 is 17.6 Å². The Morgan fingerprint density at radius 1 is 1.10 bits per heavy atom. The highest BCUT2D eigenvalue weighted by molar-refractivity contribution is 5.91. The van der Waals surface area contributed by atoms with Crippen LogP contribution in [0.5, 0.6) is 5.75 Å². The van der Waals surface area contributed by atoms with E-state index in [9.17, 15) is 18.4 Å². The van der Waals surface area contributed by atoms with E-state index < -0.39 is 6.61 Å². The minimum Gasteiger partial charge on any atom is -0.435 e. The Hall–Kier alpha value is -3.07. The van der Waals surface area contributed by atoms with Gasteiger partial charge >= 0.3 is 6.61 Å². The molecule has 0 aliphatic rings. The molecular weight excluding hydrogens is 382 g/mol. The number of amides is 2. The van der Waals surface area contributed by atoms with Crippen molar-refractivity contribution in [3.63, 3.8) is 0 Å². The maximum atomic E-state index is 12.4. The zero-order chi connectivity index (χ0) is 21.4. The van der Waals surface area contributed by atoms with Crippen LogP contribution in [0.25, 0.3) is 0 Å². The first kappa shape index (κ1) is 22.2. The first-order chi connectivity index (χ1) is 13.7. The Morgan fingerprint density at radius 2 is 1.79 bits per heavy atom. The average Bonchev–Trinajstić information content (AvgIpc) is 2.64. The number of carbonyl (C=O) groups excluding carboxylic acids is 2. The summed E-state index contributed by atoms with van der Waals surface area (Å²) in [5.74, 6) is 0.0684. The summed E-state index contributed by atoms with van der Waals surface area (Å²) in [6.45, 7) is -0.576. The molecule has 1 aromatic carbocycles. The van der Waals surface area contributed by atoms with Gasteiger partial charge in [-0.15, -0.1) is 0 Å². The van der Waals surface area contributed by atoms with Crippen molar-refractivity contribution in [2.45, 2.75) is 20.1 Å². The lowest BCUT2D eigenvalue weighted by Crippen LogP contribution is -2.39. The molecule has 0 saturated carbocycles. The number of anilines is 1. The predicted molar refractivity (Wildman–Crippen MR) is 105 cm³/mol. The van der Waals surface area contributed by atoms with Gasteiger partial charge in [0.2, 0.25) is 11.8 Å². The summed E-state index contributed by atoms with van der Waals surface area (Å²) in [6, 6.07) is 9.64. The monoisotopic (exact) mass is 406 g/mol. The topological polar surface area (TPSA) is 74.8 Å². The second-order valence-corrected chi connectivity index (χ2v) is 6.71. The number of nitrogens with zero attached hydrogens (tertiary/aromatic N) is 3. The van der Waals surface area contributed by atoms with E-state index in [0.717, 1.165) is 11.1 Å². The van der Waals surface area contributed by atoms with Crippen molar-refractivity contribution in [2.24, 2.45) is 0 Å². The Morgan fingerprint density at radius 3 is 2.38 bits per heavy atom. The molecule has 2 rings (SSSR count). The minimum absolute atomic E-state index is 0.0365. The first-order valence-electron chi connectivity index (χ1n) is 8.91. The third-order valence-corrected chi connectivity index (χ3v) is 3.99. The number of ether oxygens (including phenoxy) is 1. The highest BCUT2D eigenvalue weighted by Gasteiger charge is 2.15. The van der Waals surface area contributed by atoms with Crippen LogP contribution in [0.2, 0.25) is 0 Å². The van der Waals surface area contributed by atoms with Gasteiger partial charge in [0, 0.05) is 19.8 Å². The van der Waals surface area contributed by atoms with E-state index in [-0.39, 0.29) is 30.7 Å². The second-order valence-electron chi connectivity index (χ2n) is 6.71. The van der Waals surface area contributed by atoms with Crippen LogP contribution in [0, 0.1) is 6.92 Å². The number of nitrogens with one attached hydrogen (secondary N) is 1. The van der Waals surface area contributed by atoms with Crippen LogP contribution in [0.15, 0.2) is 42.6 Å². The Labute approximate surface area is 168 Å². The molecule has 0 radical (unpaired) electrons. The van der Waals surface area contributed by atoms with Crippen LogP contribution in [0.4, 0.5) is 14.6 Å². The molecule has 29 heavy (non-hydrogen) atoms. The standard InChI is InChI=1S/C20H24F2N4O3/c1-14-4-9-17(23-10-14)24-18(27)12-25(2)13-19(28)26(3)11-15-5-7-16(8-6-15)29-20(21)22/h4-10,20H,11-13H2,1-3H3,(H,23,24,27). The summed E-state index contributed by atoms with van der Waals surface area (Å²) < 4.78 is 28.6. The van der Waals surface area contributed by atoms with Gasteiger partial charge in [-0.1, -0.05) is 18.2 Å². The summed E-state index contributed by atoms with van der Waals surface area (Å²) in [6.07, 6.45) is 1.66. The smallest absolute Gasteiger partial charge is 0.387 e. The number of aryl methyl sites for hydroxylation is 1. The van der Waals surface area contributed by atoms with E-state index >= 15 is 0 Å². The Balaban J connectivity index is 1.78. The van der Waals surface area contributed by atoms with Crippen LogP contribution in [0.1, 0.15) is 11.1 Å². The highest BCUT2D eigenvalue weighted by atomic mass is 19.3. The molecule has 2 amide bonds. The van der Waals surface area contributed by atoms with Gasteiger partial charge in [0.25, 0.3) is 0 Å². The Kier molecular flexibility index (Phi) is 8.02. The number of halogens is 2. The van der Waals surface area contributed by atoms with E-state index in [1.807, 2.05) is 13.0 Å². The van der Waals surface area contributed by atoms with Gasteiger partial charge in [-0.3, -0.25) is 14.5 Å². The highest BCUT2D eigenvalue weighted by Crippen LogP contribution is 2.15. The fourth-order valence-electron chi connectivity index (χ4n) is 2.52. The number of alkyl halides is 2. The number of pyridine rings is 1. The normalized spacial score (nSPS) is 10.9. The lowest BCUT2D eigenvalue weighted by molar-refractivity contribution is -0.131. The van der Waals surface area contributed by atoms with E-state index in [0.29, 0.717) is 12.4 Å². The van der Waals surface area contributed by atoms with Crippen LogP contribution < -0.4 is 10.1 Å². The van der Waals surface area contributed by atoms with Gasteiger partial charge < -0.3 is 15.0 Å². The first-order valence-corrected chi connectivity index (χ1v) is 8.91. The van der Waals surface area contributed by atoms with Gasteiger partial charge in [0.05, 0.1) is 13.1 Å². The molecule has 2 aromatic rings. The van der Waals surface area contributed by atoms with Crippen LogP contribution in [0.3, 0.4) is 0 Å². The van der Waals surface area contributed by atoms with Crippen LogP contribution in [-0.4, -0.2) is 60.4 Å². The molecule has 1 aromatic heterocycles. The van der Waals surface area contributed by atoms with E-state index in [4.69, 9.17) is 0 Å². The van der Waals surface area contributed by atoms with Crippen molar-refractivity contribution in [3.8, 4) is 5.75 Å². The molecule has 0 unspecified atom stereocenters. The molecule has 0 aliphatic carbocycles. The lowest BCUT2D eigenvalue weighted by Gasteiger charge is -2.21. The van der Waals surface area contributed by atoms with Crippen molar-refractivity contribution in [1.82, 2.24) is 14.8 Å². The molecule has 9 heteroatoms. The van der Waals surface area contributed by atoms with Gasteiger partial charge in [0.15, 0.2) is 0 Å². The molecule has 1 heterocycles. The van der Waals surface area contributed by atoms with Crippen molar-refractivity contribution < 1.29 is 23.1 Å². The lowest BCUT2D eigenvalue weighted by atomic mass is 10.2. The molecule has 0 fully saturated rings. The molecule has 0 bridgehead atoms. The van der Waals surface area contributed by atoms with Gasteiger partial charge in [-0.2, -0.15) is 8.78 Å². The van der Waals surface area contributed by atoms with E-state index in [1.165, 1.54) is 17.0 Å². The predicted octanol–water partition coefficient (Wildman–Crippen LogP) is 2.52. The molecule has 7 nitrogen and oxygen atoms in total. The quantitative estimate of drug-likeness (QED) is 0.693. The average molecular weight is 406 g/mol. The summed E-state index contributed by atoms with van der Waals surface area (Å²) >= 11 is 0. The summed E-state index contributed by atoms with van der Waals surface area (Å²) in [7, 11) is 3.31.